The van der Waals surface area contributed by atoms with E-state index in [1.54, 1.807) is 0 Å². The second-order valence-corrected chi connectivity index (χ2v) is 7.59. The summed E-state index contributed by atoms with van der Waals surface area (Å²) in [6.07, 6.45) is 0.102. The Morgan fingerprint density at radius 1 is 1.31 bits per heavy atom. The standard InChI is InChI=1S/C17H14N4O3S2/c1-10-4-2-5-11-14(10)19-16(26-11)18-13(22)7-8-21-17(23)24-15(20-21)12-6-3-9-25-12/h2-6,9H,7-8H2,1H3,(H,18,19,22). The Morgan fingerprint density at radius 3 is 2.96 bits per heavy atom. The summed E-state index contributed by atoms with van der Waals surface area (Å²) in [7, 11) is 0. The van der Waals surface area contributed by atoms with Crippen LogP contribution in [0.2, 0.25) is 0 Å². The van der Waals surface area contributed by atoms with E-state index in [1.165, 1.54) is 22.7 Å². The van der Waals surface area contributed by atoms with Gasteiger partial charge in [0.1, 0.15) is 0 Å². The minimum absolute atomic E-state index is 0.102. The molecule has 0 unspecified atom stereocenters. The molecule has 3 aromatic heterocycles. The summed E-state index contributed by atoms with van der Waals surface area (Å²) in [6, 6.07) is 9.59. The van der Waals surface area contributed by atoms with Gasteiger partial charge in [0.25, 0.3) is 5.89 Å². The molecule has 0 atom stereocenters. The first-order chi connectivity index (χ1) is 12.6. The Bertz CT molecular complexity index is 1120. The van der Waals surface area contributed by atoms with Crippen LogP contribution in [-0.4, -0.2) is 20.7 Å². The van der Waals surface area contributed by atoms with Crippen LogP contribution in [0.15, 0.2) is 44.9 Å². The Morgan fingerprint density at radius 2 is 2.19 bits per heavy atom. The molecule has 4 rings (SSSR count). The molecule has 1 aromatic carbocycles. The van der Waals surface area contributed by atoms with Gasteiger partial charge in [0, 0.05) is 6.42 Å². The number of aromatic nitrogens is 3. The maximum atomic E-state index is 12.2. The number of thiophene rings is 1. The highest BCUT2D eigenvalue weighted by Gasteiger charge is 2.13. The molecule has 1 N–H and O–H groups in total. The highest BCUT2D eigenvalue weighted by atomic mass is 32.1. The first-order valence-corrected chi connectivity index (χ1v) is 9.57. The number of benzene rings is 1. The number of aryl methyl sites for hydroxylation is 2. The molecule has 7 nitrogen and oxygen atoms in total. The van der Waals surface area contributed by atoms with Crippen LogP contribution in [0.1, 0.15) is 12.0 Å². The third-order valence-corrected chi connectivity index (χ3v) is 5.55. The van der Waals surface area contributed by atoms with Crippen molar-refractivity contribution in [3.8, 4) is 10.8 Å². The van der Waals surface area contributed by atoms with Crippen molar-refractivity contribution >= 4 is 43.9 Å². The van der Waals surface area contributed by atoms with Crippen molar-refractivity contribution in [2.75, 3.05) is 5.32 Å². The van der Waals surface area contributed by atoms with Gasteiger partial charge in [-0.2, -0.15) is 4.68 Å². The third kappa shape index (κ3) is 3.31. The van der Waals surface area contributed by atoms with Crippen LogP contribution in [0, 0.1) is 6.92 Å². The summed E-state index contributed by atoms with van der Waals surface area (Å²) in [5.74, 6) is -0.529. The molecule has 132 valence electrons. The van der Waals surface area contributed by atoms with Crippen LogP contribution in [0.3, 0.4) is 0 Å². The lowest BCUT2D eigenvalue weighted by Gasteiger charge is -2.00. The van der Waals surface area contributed by atoms with Crippen LogP contribution in [-0.2, 0) is 11.3 Å². The van der Waals surface area contributed by atoms with E-state index >= 15 is 0 Å². The first kappa shape index (κ1) is 16.7. The molecule has 0 saturated carbocycles. The van der Waals surface area contributed by atoms with Gasteiger partial charge in [-0.05, 0) is 30.0 Å². The quantitative estimate of drug-likeness (QED) is 0.567. The molecule has 0 radical (unpaired) electrons. The van der Waals surface area contributed by atoms with Crippen LogP contribution < -0.4 is 11.1 Å². The van der Waals surface area contributed by atoms with E-state index in [1.807, 2.05) is 42.6 Å². The minimum atomic E-state index is -0.572. The molecule has 26 heavy (non-hydrogen) atoms. The summed E-state index contributed by atoms with van der Waals surface area (Å²) in [5.41, 5.74) is 1.95. The van der Waals surface area contributed by atoms with E-state index in [-0.39, 0.29) is 24.8 Å². The Balaban J connectivity index is 1.42. The van der Waals surface area contributed by atoms with E-state index in [9.17, 15) is 9.59 Å². The number of fused-ring (bicyclic) bond motifs is 1. The molecule has 0 saturated heterocycles. The molecule has 0 aliphatic carbocycles. The van der Waals surface area contributed by atoms with Crippen molar-refractivity contribution in [1.29, 1.82) is 0 Å². The summed E-state index contributed by atoms with van der Waals surface area (Å²) < 4.78 is 7.31. The van der Waals surface area contributed by atoms with Crippen molar-refractivity contribution in [3.05, 3.63) is 51.8 Å². The predicted molar refractivity (Wildman–Crippen MR) is 102 cm³/mol. The van der Waals surface area contributed by atoms with Crippen molar-refractivity contribution in [2.24, 2.45) is 0 Å². The summed E-state index contributed by atoms with van der Waals surface area (Å²) >= 11 is 2.86. The Kier molecular flexibility index (Phi) is 4.39. The van der Waals surface area contributed by atoms with Gasteiger partial charge in [0.15, 0.2) is 5.13 Å². The molecule has 0 aliphatic heterocycles. The van der Waals surface area contributed by atoms with Gasteiger partial charge in [-0.25, -0.2) is 9.78 Å². The second kappa shape index (κ2) is 6.85. The van der Waals surface area contributed by atoms with Gasteiger partial charge in [-0.15, -0.1) is 16.4 Å². The van der Waals surface area contributed by atoms with Crippen LogP contribution >= 0.6 is 22.7 Å². The number of carbonyl (C=O) groups is 1. The number of amides is 1. The topological polar surface area (TPSA) is 90.0 Å². The third-order valence-electron chi connectivity index (χ3n) is 3.76. The van der Waals surface area contributed by atoms with Crippen molar-refractivity contribution in [3.63, 3.8) is 0 Å². The monoisotopic (exact) mass is 386 g/mol. The predicted octanol–water partition coefficient (Wildman–Crippen LogP) is 3.51. The number of anilines is 1. The average Bonchev–Trinajstić information content (AvgIpc) is 3.32. The van der Waals surface area contributed by atoms with Gasteiger partial charge in [0.2, 0.25) is 5.91 Å². The summed E-state index contributed by atoms with van der Waals surface area (Å²) in [5, 5.41) is 9.34. The van der Waals surface area contributed by atoms with Gasteiger partial charge in [-0.3, -0.25) is 4.79 Å². The largest absolute Gasteiger partial charge is 0.437 e. The number of para-hydroxylation sites is 1. The lowest BCUT2D eigenvalue weighted by Crippen LogP contribution is -2.20. The van der Waals surface area contributed by atoms with Crippen LogP contribution in [0.5, 0.6) is 0 Å². The maximum absolute atomic E-state index is 12.2. The maximum Gasteiger partial charge on any atom is 0.437 e. The summed E-state index contributed by atoms with van der Waals surface area (Å²) in [6.45, 7) is 2.12. The van der Waals surface area contributed by atoms with Crippen LogP contribution in [0.4, 0.5) is 5.13 Å². The van der Waals surface area contributed by atoms with E-state index in [4.69, 9.17) is 4.42 Å². The molecule has 1 amide bonds. The molecule has 0 fully saturated rings. The highest BCUT2D eigenvalue weighted by molar-refractivity contribution is 7.22. The summed E-state index contributed by atoms with van der Waals surface area (Å²) in [4.78, 5) is 29.3. The second-order valence-electron chi connectivity index (χ2n) is 5.61. The number of hydrogen-bond acceptors (Lipinski definition) is 7. The van der Waals surface area contributed by atoms with Gasteiger partial charge >= 0.3 is 5.76 Å². The van der Waals surface area contributed by atoms with Crippen molar-refractivity contribution in [2.45, 2.75) is 19.9 Å². The average molecular weight is 386 g/mol. The lowest BCUT2D eigenvalue weighted by atomic mass is 10.2. The van der Waals surface area contributed by atoms with E-state index < -0.39 is 5.76 Å². The van der Waals surface area contributed by atoms with Crippen LogP contribution in [0.25, 0.3) is 21.0 Å². The number of carbonyl (C=O) groups excluding carboxylic acids is 1. The molecule has 0 spiro atoms. The lowest BCUT2D eigenvalue weighted by molar-refractivity contribution is -0.116. The zero-order valence-electron chi connectivity index (χ0n) is 13.8. The number of nitrogens with one attached hydrogen (secondary N) is 1. The van der Waals surface area contributed by atoms with Gasteiger partial charge in [-0.1, -0.05) is 29.5 Å². The molecular formula is C17H14N4O3S2. The molecule has 0 aliphatic rings. The SMILES string of the molecule is Cc1cccc2sc(NC(=O)CCn3nc(-c4cccs4)oc3=O)nc12. The zero-order valence-corrected chi connectivity index (χ0v) is 15.4. The van der Waals surface area contributed by atoms with E-state index in [0.717, 1.165) is 25.3 Å². The van der Waals surface area contributed by atoms with Gasteiger partial charge in [0.05, 0.1) is 21.6 Å². The first-order valence-electron chi connectivity index (χ1n) is 7.88. The fourth-order valence-electron chi connectivity index (χ4n) is 2.48. The van der Waals surface area contributed by atoms with Crippen molar-refractivity contribution < 1.29 is 9.21 Å². The smallest absolute Gasteiger partial charge is 0.387 e. The number of nitrogens with zero attached hydrogens (tertiary/aromatic N) is 3. The Hall–Kier alpha value is -2.78. The molecule has 0 bridgehead atoms. The zero-order chi connectivity index (χ0) is 18.1. The number of hydrogen-bond donors (Lipinski definition) is 1. The number of thiazole rings is 1. The molecule has 4 aromatic rings. The fourth-order valence-corrected chi connectivity index (χ4v) is 4.08. The van der Waals surface area contributed by atoms with Gasteiger partial charge < -0.3 is 9.73 Å². The molecular weight excluding hydrogens is 372 g/mol. The van der Waals surface area contributed by atoms with E-state index in [0.29, 0.717) is 5.13 Å². The minimum Gasteiger partial charge on any atom is -0.387 e. The Labute approximate surface area is 155 Å². The fraction of sp³-hybridized carbons (Fsp3) is 0.176. The molecule has 9 heteroatoms. The highest BCUT2D eigenvalue weighted by Crippen LogP contribution is 2.28. The normalized spacial score (nSPS) is 11.1. The molecule has 3 heterocycles. The van der Waals surface area contributed by atoms with Crippen molar-refractivity contribution in [1.82, 2.24) is 14.8 Å². The number of rotatable bonds is 5. The van der Waals surface area contributed by atoms with E-state index in [2.05, 4.69) is 15.4 Å².